The van der Waals surface area contributed by atoms with Crippen molar-refractivity contribution in [2.75, 3.05) is 13.2 Å². The Bertz CT molecular complexity index is 733. The highest BCUT2D eigenvalue weighted by molar-refractivity contribution is 7.99. The Morgan fingerprint density at radius 3 is 2.09 bits per heavy atom. The van der Waals surface area contributed by atoms with Crippen LogP contribution in [0.2, 0.25) is 5.02 Å². The highest BCUT2D eigenvalue weighted by Crippen LogP contribution is 2.43. The zero-order chi connectivity index (χ0) is 15.9. The Hall–Kier alpha value is -1.67. The molecule has 1 aromatic heterocycles. The molecule has 2 aromatic rings. The highest BCUT2D eigenvalue weighted by atomic mass is 35.5. The number of pyridine rings is 1. The van der Waals surface area contributed by atoms with E-state index in [9.17, 15) is 17.6 Å². The van der Waals surface area contributed by atoms with E-state index in [-0.39, 0.29) is 9.92 Å². The summed E-state index contributed by atoms with van der Waals surface area (Å²) in [6.07, 6.45) is 0. The van der Waals surface area contributed by atoms with Gasteiger partial charge >= 0.3 is 0 Å². The number of ether oxygens (including phenoxy) is 2. The lowest BCUT2D eigenvalue weighted by molar-refractivity contribution is 0.171. The van der Waals surface area contributed by atoms with E-state index in [0.29, 0.717) is 36.5 Å². The van der Waals surface area contributed by atoms with Gasteiger partial charge in [-0.1, -0.05) is 23.4 Å². The predicted molar refractivity (Wildman–Crippen MR) is 70.6 cm³/mol. The normalized spacial score (nSPS) is 13.3. The van der Waals surface area contributed by atoms with Crippen molar-refractivity contribution in [1.29, 1.82) is 0 Å². The Balaban J connectivity index is 2.04. The van der Waals surface area contributed by atoms with Crippen LogP contribution in [0, 0.1) is 23.5 Å². The van der Waals surface area contributed by atoms with Gasteiger partial charge in [0, 0.05) is 11.0 Å². The number of hydrogen-bond acceptors (Lipinski definition) is 4. The summed E-state index contributed by atoms with van der Waals surface area (Å²) >= 11 is 6.42. The highest BCUT2D eigenvalue weighted by Gasteiger charge is 2.24. The second kappa shape index (κ2) is 5.85. The molecule has 2 heterocycles. The summed E-state index contributed by atoms with van der Waals surface area (Å²) in [5.74, 6) is -5.92. The predicted octanol–water partition coefficient (Wildman–Crippen LogP) is 4.21. The summed E-state index contributed by atoms with van der Waals surface area (Å²) in [5, 5.41) is 0.102. The van der Waals surface area contributed by atoms with Crippen molar-refractivity contribution in [3.8, 4) is 11.5 Å². The van der Waals surface area contributed by atoms with Gasteiger partial charge in [-0.3, -0.25) is 0 Å². The SMILES string of the molecule is Fc1nc(F)c(F)c(Sc2cc3c(cc2Cl)OCCO3)c1F. The molecular weight excluding hydrogens is 346 g/mol. The minimum absolute atomic E-state index is 0.102. The number of rotatable bonds is 2. The minimum Gasteiger partial charge on any atom is -0.486 e. The molecule has 1 aliphatic rings. The van der Waals surface area contributed by atoms with Gasteiger partial charge in [0.25, 0.3) is 11.9 Å². The summed E-state index contributed by atoms with van der Waals surface area (Å²) in [6, 6.07) is 2.79. The summed E-state index contributed by atoms with van der Waals surface area (Å²) in [6.45, 7) is 0.653. The van der Waals surface area contributed by atoms with Crippen molar-refractivity contribution in [1.82, 2.24) is 4.98 Å². The zero-order valence-electron chi connectivity index (χ0n) is 10.6. The molecule has 0 N–H and O–H groups in total. The maximum Gasteiger partial charge on any atom is 0.252 e. The lowest BCUT2D eigenvalue weighted by atomic mass is 10.3. The second-order valence-corrected chi connectivity index (χ2v) is 5.64. The van der Waals surface area contributed by atoms with Gasteiger partial charge in [0.2, 0.25) is 0 Å². The van der Waals surface area contributed by atoms with Crippen LogP contribution in [0.1, 0.15) is 0 Å². The van der Waals surface area contributed by atoms with Crippen molar-refractivity contribution in [2.45, 2.75) is 9.79 Å². The number of halogens is 5. The van der Waals surface area contributed by atoms with Crippen molar-refractivity contribution in [2.24, 2.45) is 0 Å². The standard InChI is InChI=1S/C13H6ClF4NO2S/c14-5-3-6-7(21-2-1-20-6)4-8(5)22-11-9(15)12(17)19-13(18)10(11)16/h3-4H,1-2H2. The number of benzene rings is 1. The molecule has 22 heavy (non-hydrogen) atoms. The minimum atomic E-state index is -1.73. The van der Waals surface area contributed by atoms with Crippen LogP contribution in [0.15, 0.2) is 21.9 Å². The zero-order valence-corrected chi connectivity index (χ0v) is 12.2. The van der Waals surface area contributed by atoms with Crippen LogP contribution in [0.4, 0.5) is 17.6 Å². The molecule has 0 unspecified atom stereocenters. The Morgan fingerprint density at radius 2 is 1.50 bits per heavy atom. The topological polar surface area (TPSA) is 31.4 Å². The first kappa shape index (κ1) is 15.2. The second-order valence-electron chi connectivity index (χ2n) is 4.18. The van der Waals surface area contributed by atoms with E-state index >= 15 is 0 Å². The maximum absolute atomic E-state index is 13.6. The number of aromatic nitrogens is 1. The maximum atomic E-state index is 13.6. The van der Waals surface area contributed by atoms with Gasteiger partial charge in [-0.25, -0.2) is 8.78 Å². The number of hydrogen-bond donors (Lipinski definition) is 0. The fraction of sp³-hybridized carbons (Fsp3) is 0.154. The van der Waals surface area contributed by atoms with Crippen LogP contribution in [0.25, 0.3) is 0 Å². The van der Waals surface area contributed by atoms with E-state index in [4.69, 9.17) is 21.1 Å². The average molecular weight is 352 g/mol. The van der Waals surface area contributed by atoms with Gasteiger partial charge in [0.1, 0.15) is 13.2 Å². The molecule has 0 radical (unpaired) electrons. The molecule has 3 nitrogen and oxygen atoms in total. The summed E-state index contributed by atoms with van der Waals surface area (Å²) in [5.41, 5.74) is 0. The molecule has 0 amide bonds. The molecule has 0 fully saturated rings. The van der Waals surface area contributed by atoms with E-state index in [1.807, 2.05) is 0 Å². The first-order chi connectivity index (χ1) is 10.5. The first-order valence-corrected chi connectivity index (χ1v) is 7.14. The molecule has 1 aliphatic heterocycles. The third kappa shape index (κ3) is 2.68. The van der Waals surface area contributed by atoms with Crippen LogP contribution in [-0.4, -0.2) is 18.2 Å². The van der Waals surface area contributed by atoms with Gasteiger partial charge in [-0.05, 0) is 6.07 Å². The summed E-state index contributed by atoms with van der Waals surface area (Å²) in [4.78, 5) is 1.78. The van der Waals surface area contributed by atoms with E-state index in [1.165, 1.54) is 12.1 Å². The molecule has 0 atom stereocenters. The van der Waals surface area contributed by atoms with Crippen LogP contribution >= 0.6 is 23.4 Å². The molecule has 116 valence electrons. The molecule has 0 aliphatic carbocycles. The molecule has 0 bridgehead atoms. The molecule has 9 heteroatoms. The molecule has 0 saturated carbocycles. The lowest BCUT2D eigenvalue weighted by Gasteiger charge is -2.19. The van der Waals surface area contributed by atoms with Gasteiger partial charge in [0.15, 0.2) is 23.1 Å². The summed E-state index contributed by atoms with van der Waals surface area (Å²) in [7, 11) is 0. The third-order valence-electron chi connectivity index (χ3n) is 2.77. The van der Waals surface area contributed by atoms with Crippen LogP contribution in [0.5, 0.6) is 11.5 Å². The fourth-order valence-electron chi connectivity index (χ4n) is 1.79. The average Bonchev–Trinajstić information content (AvgIpc) is 2.50. The van der Waals surface area contributed by atoms with E-state index in [0.717, 1.165) is 0 Å². The monoisotopic (exact) mass is 351 g/mol. The number of fused-ring (bicyclic) bond motifs is 1. The lowest BCUT2D eigenvalue weighted by Crippen LogP contribution is -2.15. The van der Waals surface area contributed by atoms with Gasteiger partial charge < -0.3 is 9.47 Å². The van der Waals surface area contributed by atoms with Crippen LogP contribution in [-0.2, 0) is 0 Å². The van der Waals surface area contributed by atoms with Crippen LogP contribution < -0.4 is 9.47 Å². The molecular formula is C13H6ClF4NO2S. The first-order valence-electron chi connectivity index (χ1n) is 5.94. The Morgan fingerprint density at radius 1 is 0.955 bits per heavy atom. The van der Waals surface area contributed by atoms with E-state index in [2.05, 4.69) is 4.98 Å². The van der Waals surface area contributed by atoms with Gasteiger partial charge in [0.05, 0.1) is 9.92 Å². The van der Waals surface area contributed by atoms with Crippen molar-refractivity contribution < 1.29 is 27.0 Å². The third-order valence-corrected chi connectivity index (χ3v) is 4.31. The smallest absolute Gasteiger partial charge is 0.252 e. The molecule has 3 rings (SSSR count). The van der Waals surface area contributed by atoms with E-state index < -0.39 is 28.4 Å². The molecule has 1 aromatic carbocycles. The number of nitrogens with zero attached hydrogens (tertiary/aromatic N) is 1. The van der Waals surface area contributed by atoms with Gasteiger partial charge in [-0.15, -0.1) is 0 Å². The van der Waals surface area contributed by atoms with Crippen molar-refractivity contribution >= 4 is 23.4 Å². The fourth-order valence-corrected chi connectivity index (χ4v) is 2.95. The van der Waals surface area contributed by atoms with Crippen molar-refractivity contribution in [3.05, 3.63) is 40.7 Å². The van der Waals surface area contributed by atoms with Crippen LogP contribution in [0.3, 0.4) is 0 Å². The summed E-state index contributed by atoms with van der Waals surface area (Å²) < 4.78 is 64.1. The van der Waals surface area contributed by atoms with Gasteiger partial charge in [-0.2, -0.15) is 13.8 Å². The quantitative estimate of drug-likeness (QED) is 0.599. The molecule has 0 spiro atoms. The largest absolute Gasteiger partial charge is 0.486 e. The molecule has 0 saturated heterocycles. The van der Waals surface area contributed by atoms with E-state index in [1.54, 1.807) is 0 Å². The Labute approximate surface area is 131 Å². The Kier molecular flexibility index (Phi) is 4.05. The van der Waals surface area contributed by atoms with Crippen molar-refractivity contribution in [3.63, 3.8) is 0 Å².